The van der Waals surface area contributed by atoms with Gasteiger partial charge in [-0.1, -0.05) is 42.5 Å². The van der Waals surface area contributed by atoms with E-state index in [0.29, 0.717) is 0 Å². The largest absolute Gasteiger partial charge is 0.388 e. The average molecular weight is 264 g/mol. The Morgan fingerprint density at radius 3 is 2.90 bits per heavy atom. The van der Waals surface area contributed by atoms with Crippen LogP contribution in [-0.4, -0.2) is 15.3 Å². The van der Waals surface area contributed by atoms with Gasteiger partial charge in [0.1, 0.15) is 0 Å². The summed E-state index contributed by atoms with van der Waals surface area (Å²) in [6.07, 6.45) is 2.42. The molecule has 2 N–H and O–H groups in total. The highest BCUT2D eigenvalue weighted by molar-refractivity contribution is 5.96. The molecule has 0 saturated carbocycles. The van der Waals surface area contributed by atoms with E-state index in [1.807, 2.05) is 18.2 Å². The molecule has 0 bridgehead atoms. The molecule has 2 aromatic carbocycles. The van der Waals surface area contributed by atoms with Crippen LogP contribution in [0.1, 0.15) is 30.2 Å². The highest BCUT2D eigenvalue weighted by Gasteiger charge is 2.25. The minimum absolute atomic E-state index is 0.397. The molecule has 0 saturated heterocycles. The van der Waals surface area contributed by atoms with Crippen LogP contribution in [-0.2, 0) is 6.42 Å². The third-order valence-corrected chi connectivity index (χ3v) is 4.17. The second-order valence-electron chi connectivity index (χ2n) is 5.40. The van der Waals surface area contributed by atoms with Gasteiger partial charge in [-0.15, -0.1) is 0 Å². The zero-order valence-electron chi connectivity index (χ0n) is 11.1. The van der Waals surface area contributed by atoms with Crippen molar-refractivity contribution in [2.75, 3.05) is 0 Å². The van der Waals surface area contributed by atoms with E-state index >= 15 is 0 Å². The Morgan fingerprint density at radius 1 is 1.10 bits per heavy atom. The number of nitrogens with zero attached hydrogens (tertiary/aromatic N) is 1. The first kappa shape index (κ1) is 11.7. The maximum Gasteiger partial charge on any atom is 0.0987 e. The molecule has 4 rings (SSSR count). The summed E-state index contributed by atoms with van der Waals surface area (Å²) in [5, 5.41) is 20.3. The van der Waals surface area contributed by atoms with E-state index in [-0.39, 0.29) is 0 Å². The van der Waals surface area contributed by atoms with E-state index in [1.165, 1.54) is 10.8 Å². The van der Waals surface area contributed by atoms with Crippen LogP contribution in [0, 0.1) is 0 Å². The van der Waals surface area contributed by atoms with Gasteiger partial charge in [-0.05, 0) is 30.0 Å². The van der Waals surface area contributed by atoms with E-state index in [0.717, 1.165) is 41.8 Å². The van der Waals surface area contributed by atoms with Gasteiger partial charge < -0.3 is 5.11 Å². The van der Waals surface area contributed by atoms with Crippen molar-refractivity contribution in [3.05, 3.63) is 53.7 Å². The van der Waals surface area contributed by atoms with E-state index in [2.05, 4.69) is 34.5 Å². The predicted molar refractivity (Wildman–Crippen MR) is 79.4 cm³/mol. The molecule has 1 atom stereocenters. The van der Waals surface area contributed by atoms with E-state index in [1.54, 1.807) is 0 Å². The molecule has 3 nitrogen and oxygen atoms in total. The fraction of sp³-hybridized carbons (Fsp3) is 0.235. The van der Waals surface area contributed by atoms with Crippen LogP contribution in [0.3, 0.4) is 0 Å². The molecule has 100 valence electrons. The number of nitrogens with one attached hydrogen (secondary N) is 1. The van der Waals surface area contributed by atoms with Gasteiger partial charge in [0.25, 0.3) is 0 Å². The molecular weight excluding hydrogens is 248 g/mol. The van der Waals surface area contributed by atoms with Crippen molar-refractivity contribution < 1.29 is 5.11 Å². The summed E-state index contributed by atoms with van der Waals surface area (Å²) in [5.74, 6) is 0. The molecule has 0 amide bonds. The van der Waals surface area contributed by atoms with Gasteiger partial charge in [0.05, 0.1) is 11.8 Å². The lowest BCUT2D eigenvalue weighted by Gasteiger charge is -2.18. The Morgan fingerprint density at radius 2 is 1.95 bits per heavy atom. The molecule has 1 aliphatic carbocycles. The molecular formula is C17H16N2O. The average Bonchev–Trinajstić information content (AvgIpc) is 2.92. The zero-order chi connectivity index (χ0) is 13.5. The number of aryl methyl sites for hydroxylation is 1. The molecule has 20 heavy (non-hydrogen) atoms. The molecule has 3 aromatic rings. The first-order valence-electron chi connectivity index (χ1n) is 7.08. The lowest BCUT2D eigenvalue weighted by atomic mass is 9.90. The smallest absolute Gasteiger partial charge is 0.0987 e. The van der Waals surface area contributed by atoms with Gasteiger partial charge in [0, 0.05) is 16.8 Å². The fourth-order valence-electron chi connectivity index (χ4n) is 3.19. The van der Waals surface area contributed by atoms with Gasteiger partial charge in [-0.3, -0.25) is 5.10 Å². The third kappa shape index (κ3) is 1.67. The van der Waals surface area contributed by atoms with Crippen molar-refractivity contribution in [2.24, 2.45) is 0 Å². The summed E-state index contributed by atoms with van der Waals surface area (Å²) in [5.41, 5.74) is 4.09. The number of aliphatic hydroxyl groups is 1. The van der Waals surface area contributed by atoms with Crippen molar-refractivity contribution in [3.63, 3.8) is 0 Å². The van der Waals surface area contributed by atoms with Gasteiger partial charge in [-0.2, -0.15) is 5.10 Å². The first-order valence-corrected chi connectivity index (χ1v) is 7.08. The van der Waals surface area contributed by atoms with Crippen LogP contribution in [0.25, 0.3) is 22.0 Å². The number of hydrogen-bond donors (Lipinski definition) is 2. The van der Waals surface area contributed by atoms with Gasteiger partial charge in [0.15, 0.2) is 0 Å². The third-order valence-electron chi connectivity index (χ3n) is 4.17. The summed E-state index contributed by atoms with van der Waals surface area (Å²) in [7, 11) is 0. The lowest BCUT2D eigenvalue weighted by molar-refractivity contribution is 0.157. The van der Waals surface area contributed by atoms with Crippen molar-refractivity contribution >= 4 is 10.8 Å². The second kappa shape index (κ2) is 4.46. The zero-order valence-corrected chi connectivity index (χ0v) is 11.1. The molecule has 1 aromatic heterocycles. The quantitative estimate of drug-likeness (QED) is 0.705. The first-order chi connectivity index (χ1) is 9.84. The fourth-order valence-corrected chi connectivity index (χ4v) is 3.19. The van der Waals surface area contributed by atoms with Crippen molar-refractivity contribution in [3.8, 4) is 11.3 Å². The normalized spacial score (nSPS) is 18.1. The SMILES string of the molecule is OC1CCCc2[nH]nc(-c3cccc4ccccc34)c21. The van der Waals surface area contributed by atoms with Crippen molar-refractivity contribution in [2.45, 2.75) is 25.4 Å². The van der Waals surface area contributed by atoms with Gasteiger partial charge >= 0.3 is 0 Å². The summed E-state index contributed by atoms with van der Waals surface area (Å²) in [4.78, 5) is 0. The maximum absolute atomic E-state index is 10.3. The number of aromatic nitrogens is 2. The Hall–Kier alpha value is -2.13. The second-order valence-corrected chi connectivity index (χ2v) is 5.40. The highest BCUT2D eigenvalue weighted by atomic mass is 16.3. The number of H-pyrrole nitrogens is 1. The summed E-state index contributed by atoms with van der Waals surface area (Å²) in [6.45, 7) is 0. The lowest BCUT2D eigenvalue weighted by Crippen LogP contribution is -2.08. The molecule has 3 heteroatoms. The molecule has 1 aliphatic rings. The highest BCUT2D eigenvalue weighted by Crippen LogP contribution is 2.38. The van der Waals surface area contributed by atoms with Crippen LogP contribution in [0.2, 0.25) is 0 Å². The van der Waals surface area contributed by atoms with Crippen molar-refractivity contribution in [1.82, 2.24) is 10.2 Å². The number of benzene rings is 2. The number of aromatic amines is 1. The Balaban J connectivity index is 1.99. The summed E-state index contributed by atoms with van der Waals surface area (Å²) >= 11 is 0. The molecule has 1 unspecified atom stereocenters. The molecule has 0 fully saturated rings. The number of aliphatic hydroxyl groups excluding tert-OH is 1. The molecule has 0 spiro atoms. The van der Waals surface area contributed by atoms with Gasteiger partial charge in [-0.25, -0.2) is 0 Å². The minimum atomic E-state index is -0.397. The van der Waals surface area contributed by atoms with Crippen molar-refractivity contribution in [1.29, 1.82) is 0 Å². The predicted octanol–water partition coefficient (Wildman–Crippen LogP) is 3.60. The van der Waals surface area contributed by atoms with E-state index in [4.69, 9.17) is 0 Å². The van der Waals surface area contributed by atoms with E-state index < -0.39 is 6.10 Å². The monoisotopic (exact) mass is 264 g/mol. The maximum atomic E-state index is 10.3. The summed E-state index contributed by atoms with van der Waals surface area (Å²) in [6, 6.07) is 14.5. The topological polar surface area (TPSA) is 48.9 Å². The number of rotatable bonds is 1. The number of fused-ring (bicyclic) bond motifs is 2. The standard InChI is InChI=1S/C17H16N2O/c20-15-10-4-9-14-16(15)17(19-18-14)13-8-3-6-11-5-1-2-7-12(11)13/h1-3,5-8,15,20H,4,9-10H2,(H,18,19). The molecule has 0 aliphatic heterocycles. The molecule has 1 heterocycles. The summed E-state index contributed by atoms with van der Waals surface area (Å²) < 4.78 is 0. The Kier molecular flexibility index (Phi) is 2.60. The minimum Gasteiger partial charge on any atom is -0.388 e. The Labute approximate surface area is 117 Å². The van der Waals surface area contributed by atoms with Crippen LogP contribution >= 0.6 is 0 Å². The Bertz CT molecular complexity index is 770. The van der Waals surface area contributed by atoms with Crippen LogP contribution < -0.4 is 0 Å². The number of hydrogen-bond acceptors (Lipinski definition) is 2. The van der Waals surface area contributed by atoms with Crippen LogP contribution in [0.5, 0.6) is 0 Å². The van der Waals surface area contributed by atoms with Crippen LogP contribution in [0.4, 0.5) is 0 Å². The molecule has 0 radical (unpaired) electrons. The van der Waals surface area contributed by atoms with Gasteiger partial charge in [0.2, 0.25) is 0 Å². The van der Waals surface area contributed by atoms with Crippen LogP contribution in [0.15, 0.2) is 42.5 Å². The van der Waals surface area contributed by atoms with E-state index in [9.17, 15) is 5.11 Å².